The normalized spacial score (nSPS) is 11.4. The fourth-order valence-electron chi connectivity index (χ4n) is 3.04. The minimum atomic E-state index is 0. The Bertz CT molecular complexity index is 824. The topological polar surface area (TPSA) is 65.3 Å². The molecular formula is C20H27IN4O. The number of para-hydroxylation sites is 1. The molecule has 5 nitrogen and oxygen atoms in total. The molecule has 0 fully saturated rings. The first-order valence-corrected chi connectivity index (χ1v) is 8.88. The first-order valence-electron chi connectivity index (χ1n) is 8.88. The van der Waals surface area contributed by atoms with Gasteiger partial charge in [-0.15, -0.1) is 24.0 Å². The zero-order valence-electron chi connectivity index (χ0n) is 15.3. The molecule has 0 bridgehead atoms. The summed E-state index contributed by atoms with van der Waals surface area (Å²) in [6.07, 6.45) is 3.47. The van der Waals surface area contributed by atoms with Gasteiger partial charge in [-0.1, -0.05) is 18.2 Å². The van der Waals surface area contributed by atoms with Gasteiger partial charge in [-0.05, 0) is 44.0 Å². The van der Waals surface area contributed by atoms with Crippen LogP contribution in [0.25, 0.3) is 10.9 Å². The Morgan fingerprint density at radius 3 is 2.73 bits per heavy atom. The highest BCUT2D eigenvalue weighted by atomic mass is 127. The predicted octanol–water partition coefficient (Wildman–Crippen LogP) is 4.03. The predicted molar refractivity (Wildman–Crippen MR) is 119 cm³/mol. The van der Waals surface area contributed by atoms with E-state index in [0.29, 0.717) is 6.54 Å². The van der Waals surface area contributed by atoms with E-state index in [2.05, 4.69) is 58.7 Å². The summed E-state index contributed by atoms with van der Waals surface area (Å²) in [7, 11) is 0. The van der Waals surface area contributed by atoms with E-state index in [1.54, 1.807) is 6.26 Å². The van der Waals surface area contributed by atoms with Crippen molar-refractivity contribution in [2.45, 2.75) is 26.7 Å². The summed E-state index contributed by atoms with van der Waals surface area (Å²) < 4.78 is 5.35. The number of halogens is 1. The molecule has 0 atom stereocenters. The maximum Gasteiger partial charge on any atom is 0.191 e. The number of H-pyrrole nitrogens is 1. The Morgan fingerprint density at radius 1 is 1.12 bits per heavy atom. The van der Waals surface area contributed by atoms with Gasteiger partial charge in [0.15, 0.2) is 5.96 Å². The van der Waals surface area contributed by atoms with Crippen LogP contribution < -0.4 is 10.6 Å². The van der Waals surface area contributed by atoms with E-state index in [9.17, 15) is 0 Å². The van der Waals surface area contributed by atoms with Crippen LogP contribution in [0.1, 0.15) is 23.9 Å². The highest BCUT2D eigenvalue weighted by Crippen LogP contribution is 2.21. The molecule has 0 unspecified atom stereocenters. The molecule has 0 aliphatic carbocycles. The van der Waals surface area contributed by atoms with Gasteiger partial charge in [0.1, 0.15) is 5.76 Å². The molecule has 0 saturated carbocycles. The molecule has 2 heterocycles. The highest BCUT2D eigenvalue weighted by molar-refractivity contribution is 14.0. The number of furan rings is 1. The summed E-state index contributed by atoms with van der Waals surface area (Å²) in [6.45, 7) is 6.61. The standard InChI is InChI=1S/C20H26N4O.HI/c1-3-21-20(22-12-10-16-7-6-14-25-16)23-13-11-17-15(2)24-19-9-5-4-8-18(17)19;/h4-9,14,24H,3,10-13H2,1-2H3,(H2,21,22,23);1H. The number of aromatic nitrogens is 1. The van der Waals surface area contributed by atoms with Crippen LogP contribution in [0.5, 0.6) is 0 Å². The Labute approximate surface area is 171 Å². The molecule has 140 valence electrons. The van der Waals surface area contributed by atoms with Crippen LogP contribution >= 0.6 is 24.0 Å². The number of hydrogen-bond acceptors (Lipinski definition) is 2. The zero-order chi connectivity index (χ0) is 17.5. The third-order valence-electron chi connectivity index (χ3n) is 4.25. The van der Waals surface area contributed by atoms with Crippen molar-refractivity contribution in [3.63, 3.8) is 0 Å². The average molecular weight is 466 g/mol. The molecule has 6 heteroatoms. The molecule has 2 aromatic heterocycles. The molecule has 0 saturated heterocycles. The average Bonchev–Trinajstić information content (AvgIpc) is 3.23. The third kappa shape index (κ3) is 5.27. The van der Waals surface area contributed by atoms with Crippen molar-refractivity contribution in [3.05, 3.63) is 59.7 Å². The monoisotopic (exact) mass is 466 g/mol. The molecule has 3 rings (SSSR count). The van der Waals surface area contributed by atoms with E-state index < -0.39 is 0 Å². The summed E-state index contributed by atoms with van der Waals surface area (Å²) in [4.78, 5) is 8.07. The summed E-state index contributed by atoms with van der Waals surface area (Å²) >= 11 is 0. The largest absolute Gasteiger partial charge is 0.469 e. The van der Waals surface area contributed by atoms with Crippen LogP contribution in [0.15, 0.2) is 52.1 Å². The van der Waals surface area contributed by atoms with Crippen molar-refractivity contribution in [2.24, 2.45) is 4.99 Å². The fourth-order valence-corrected chi connectivity index (χ4v) is 3.04. The maximum atomic E-state index is 5.35. The Kier molecular flexibility index (Phi) is 8.03. The number of guanidine groups is 1. The van der Waals surface area contributed by atoms with Crippen LogP contribution in [0.4, 0.5) is 0 Å². The zero-order valence-corrected chi connectivity index (χ0v) is 17.7. The van der Waals surface area contributed by atoms with E-state index >= 15 is 0 Å². The lowest BCUT2D eigenvalue weighted by Gasteiger charge is -2.11. The Hall–Kier alpha value is -1.96. The lowest BCUT2D eigenvalue weighted by atomic mass is 10.1. The number of aromatic amines is 1. The molecule has 0 aliphatic rings. The number of aliphatic imine (C=N–C) groups is 1. The number of benzene rings is 1. The van der Waals surface area contributed by atoms with Crippen LogP contribution in [-0.2, 0) is 12.8 Å². The van der Waals surface area contributed by atoms with Gasteiger partial charge in [-0.2, -0.15) is 0 Å². The molecule has 0 aliphatic heterocycles. The summed E-state index contributed by atoms with van der Waals surface area (Å²) in [5.41, 5.74) is 3.81. The first kappa shape index (κ1) is 20.4. The van der Waals surface area contributed by atoms with Crippen LogP contribution in [-0.4, -0.2) is 30.6 Å². The van der Waals surface area contributed by atoms with Gasteiger partial charge in [0, 0.05) is 42.7 Å². The first-order chi connectivity index (χ1) is 12.3. The second-order valence-electron chi connectivity index (χ2n) is 6.04. The molecular weight excluding hydrogens is 439 g/mol. The van der Waals surface area contributed by atoms with Crippen LogP contribution in [0, 0.1) is 6.92 Å². The van der Waals surface area contributed by atoms with E-state index in [4.69, 9.17) is 4.42 Å². The third-order valence-corrected chi connectivity index (χ3v) is 4.25. The highest BCUT2D eigenvalue weighted by Gasteiger charge is 2.07. The van der Waals surface area contributed by atoms with Gasteiger partial charge in [-0.25, -0.2) is 0 Å². The van der Waals surface area contributed by atoms with Gasteiger partial charge in [0.05, 0.1) is 6.26 Å². The quantitative estimate of drug-likeness (QED) is 0.280. The van der Waals surface area contributed by atoms with Crippen molar-refractivity contribution < 1.29 is 4.42 Å². The molecule has 0 amide bonds. The van der Waals surface area contributed by atoms with Gasteiger partial charge in [0.2, 0.25) is 0 Å². The van der Waals surface area contributed by atoms with E-state index in [1.165, 1.54) is 22.2 Å². The van der Waals surface area contributed by atoms with Crippen molar-refractivity contribution in [1.29, 1.82) is 0 Å². The molecule has 3 aromatic rings. The van der Waals surface area contributed by atoms with Crippen molar-refractivity contribution in [3.8, 4) is 0 Å². The van der Waals surface area contributed by atoms with Crippen LogP contribution in [0.2, 0.25) is 0 Å². The number of hydrogen-bond donors (Lipinski definition) is 3. The number of nitrogens with one attached hydrogen (secondary N) is 3. The second kappa shape index (κ2) is 10.3. The molecule has 3 N–H and O–H groups in total. The van der Waals surface area contributed by atoms with Gasteiger partial charge in [-0.3, -0.25) is 4.99 Å². The van der Waals surface area contributed by atoms with E-state index in [0.717, 1.165) is 37.7 Å². The number of rotatable bonds is 7. The number of aryl methyl sites for hydroxylation is 1. The smallest absolute Gasteiger partial charge is 0.191 e. The lowest BCUT2D eigenvalue weighted by molar-refractivity contribution is 0.510. The minimum Gasteiger partial charge on any atom is -0.469 e. The summed E-state index contributed by atoms with van der Waals surface area (Å²) in [5, 5.41) is 8.03. The molecule has 0 spiro atoms. The van der Waals surface area contributed by atoms with E-state index in [-0.39, 0.29) is 24.0 Å². The van der Waals surface area contributed by atoms with Crippen molar-refractivity contribution in [2.75, 3.05) is 19.6 Å². The Morgan fingerprint density at radius 2 is 1.96 bits per heavy atom. The summed E-state index contributed by atoms with van der Waals surface area (Å²) in [6, 6.07) is 12.3. The van der Waals surface area contributed by atoms with Crippen LogP contribution in [0.3, 0.4) is 0 Å². The minimum absolute atomic E-state index is 0. The number of fused-ring (bicyclic) bond motifs is 1. The SMILES string of the molecule is CCNC(=NCCc1ccco1)NCCc1c(C)[nH]c2ccccc12.I. The lowest BCUT2D eigenvalue weighted by Crippen LogP contribution is -2.38. The number of nitrogens with zero attached hydrogens (tertiary/aromatic N) is 1. The van der Waals surface area contributed by atoms with Crippen molar-refractivity contribution >= 4 is 40.8 Å². The van der Waals surface area contributed by atoms with Gasteiger partial charge >= 0.3 is 0 Å². The Balaban J connectivity index is 0.00000243. The maximum absolute atomic E-state index is 5.35. The van der Waals surface area contributed by atoms with Gasteiger partial charge < -0.3 is 20.0 Å². The second-order valence-corrected chi connectivity index (χ2v) is 6.04. The molecule has 1 aromatic carbocycles. The molecule has 26 heavy (non-hydrogen) atoms. The van der Waals surface area contributed by atoms with Crippen molar-refractivity contribution in [1.82, 2.24) is 15.6 Å². The van der Waals surface area contributed by atoms with E-state index in [1.807, 2.05) is 12.1 Å². The van der Waals surface area contributed by atoms with Gasteiger partial charge in [0.25, 0.3) is 0 Å². The fraction of sp³-hybridized carbons (Fsp3) is 0.350. The molecule has 0 radical (unpaired) electrons. The summed E-state index contributed by atoms with van der Waals surface area (Å²) in [5.74, 6) is 1.82.